The maximum absolute atomic E-state index is 12.0. The highest BCUT2D eigenvalue weighted by molar-refractivity contribution is 8.12. The average Bonchev–Trinajstić information content (AvgIpc) is 2.82. The van der Waals surface area contributed by atoms with E-state index in [2.05, 4.69) is 16.6 Å². The molecule has 1 aromatic heterocycles. The summed E-state index contributed by atoms with van der Waals surface area (Å²) in [5.41, 5.74) is 2.96. The molecule has 100 valence electrons. The Morgan fingerprint density at radius 3 is 3.20 bits per heavy atom. The Morgan fingerprint density at radius 1 is 1.45 bits per heavy atom. The number of Topliss-reactive ketones (excluding diaryl/α,β-unsaturated/α-hetero) is 1. The Kier molecular flexibility index (Phi) is 3.43. The van der Waals surface area contributed by atoms with E-state index in [4.69, 9.17) is 4.42 Å². The molecule has 3 rings (SSSR count). The van der Waals surface area contributed by atoms with E-state index in [0.717, 1.165) is 15.9 Å². The van der Waals surface area contributed by atoms with Gasteiger partial charge in [0.2, 0.25) is 0 Å². The van der Waals surface area contributed by atoms with Crippen molar-refractivity contribution in [3.8, 4) is 0 Å². The van der Waals surface area contributed by atoms with Crippen molar-refractivity contribution in [2.24, 2.45) is 5.16 Å². The molecule has 0 saturated carbocycles. The Balaban J connectivity index is 1.98. The van der Waals surface area contributed by atoms with Gasteiger partial charge in [0.25, 0.3) is 0 Å². The molecule has 1 aromatic carbocycles. The Morgan fingerprint density at radius 2 is 2.35 bits per heavy atom. The van der Waals surface area contributed by atoms with Crippen molar-refractivity contribution in [3.05, 3.63) is 48.4 Å². The van der Waals surface area contributed by atoms with Gasteiger partial charge in [-0.15, -0.1) is 0 Å². The molecule has 20 heavy (non-hydrogen) atoms. The Labute approximate surface area is 119 Å². The van der Waals surface area contributed by atoms with Crippen molar-refractivity contribution in [2.45, 2.75) is 11.3 Å². The third-order valence-electron chi connectivity index (χ3n) is 2.91. The molecule has 5 heteroatoms. The van der Waals surface area contributed by atoms with Gasteiger partial charge < -0.3 is 9.25 Å². The zero-order valence-electron chi connectivity index (χ0n) is 10.5. The second kappa shape index (κ2) is 5.38. The van der Waals surface area contributed by atoms with Crippen LogP contribution in [0, 0.1) is 0 Å². The predicted molar refractivity (Wildman–Crippen MR) is 79.8 cm³/mol. The van der Waals surface area contributed by atoms with E-state index in [0.29, 0.717) is 17.7 Å². The van der Waals surface area contributed by atoms with Crippen LogP contribution in [0.25, 0.3) is 17.0 Å². The zero-order valence-corrected chi connectivity index (χ0v) is 11.4. The number of nitrogens with zero attached hydrogens (tertiary/aromatic N) is 1. The van der Waals surface area contributed by atoms with Crippen LogP contribution in [0.3, 0.4) is 0 Å². The molecule has 0 amide bonds. The van der Waals surface area contributed by atoms with Gasteiger partial charge in [-0.1, -0.05) is 29.6 Å². The first-order chi connectivity index (χ1) is 9.79. The fourth-order valence-electron chi connectivity index (χ4n) is 2.10. The number of carbonyl (C=O) groups is 1. The molecular formula is C15H11NO3S. The molecule has 0 N–H and O–H groups in total. The number of oxime groups is 1. The molecule has 0 atom stereocenters. The number of rotatable bonds is 4. The molecule has 1 heterocycles. The summed E-state index contributed by atoms with van der Waals surface area (Å²) in [6.45, 7) is 3.39. The van der Waals surface area contributed by atoms with E-state index in [-0.39, 0.29) is 5.78 Å². The van der Waals surface area contributed by atoms with E-state index in [1.54, 1.807) is 5.55 Å². The highest BCUT2D eigenvalue weighted by Crippen LogP contribution is 2.33. The van der Waals surface area contributed by atoms with Gasteiger partial charge in [-0.3, -0.25) is 4.79 Å². The number of allylic oxidation sites excluding steroid dienone is 1. The normalized spacial score (nSPS) is 13.9. The number of furan rings is 1. The highest BCUT2D eigenvalue weighted by atomic mass is 32.2. The molecule has 0 radical (unpaired) electrons. The molecule has 1 aliphatic carbocycles. The van der Waals surface area contributed by atoms with Crippen molar-refractivity contribution in [3.63, 3.8) is 0 Å². The quantitative estimate of drug-likeness (QED) is 0.277. The number of fused-ring (bicyclic) bond motifs is 3. The standard InChI is InChI=1S/C15H11NO3S/c1-2-18-16-9-20-10-6-7-13-11(8-10)15-12(17)4-3-5-14(15)19-13/h2-3,5-9H,1,4H2. The van der Waals surface area contributed by atoms with Crippen molar-refractivity contribution >= 4 is 40.1 Å². The molecule has 0 bridgehead atoms. The summed E-state index contributed by atoms with van der Waals surface area (Å²) in [7, 11) is 0. The third-order valence-corrected chi connectivity index (χ3v) is 3.62. The van der Waals surface area contributed by atoms with Crippen LogP contribution in [0.5, 0.6) is 0 Å². The van der Waals surface area contributed by atoms with Crippen molar-refractivity contribution in [2.75, 3.05) is 0 Å². The molecule has 0 aliphatic heterocycles. The molecule has 2 aromatic rings. The average molecular weight is 285 g/mol. The molecular weight excluding hydrogens is 274 g/mol. The Hall–Kier alpha value is -2.27. The third kappa shape index (κ3) is 2.28. The molecule has 4 nitrogen and oxygen atoms in total. The van der Waals surface area contributed by atoms with Crippen molar-refractivity contribution in [1.82, 2.24) is 0 Å². The smallest absolute Gasteiger partial charge is 0.171 e. The number of hydrogen-bond acceptors (Lipinski definition) is 5. The maximum Gasteiger partial charge on any atom is 0.171 e. The first kappa shape index (κ1) is 12.7. The minimum atomic E-state index is 0.0899. The molecule has 0 fully saturated rings. The zero-order chi connectivity index (χ0) is 13.9. The lowest BCUT2D eigenvalue weighted by atomic mass is 10.00. The fraction of sp³-hybridized carbons (Fsp3) is 0.0667. The van der Waals surface area contributed by atoms with Crippen LogP contribution in [0.1, 0.15) is 22.5 Å². The van der Waals surface area contributed by atoms with Crippen LogP contribution >= 0.6 is 11.8 Å². The van der Waals surface area contributed by atoms with Crippen LogP contribution in [0.2, 0.25) is 0 Å². The monoisotopic (exact) mass is 285 g/mol. The lowest BCUT2D eigenvalue weighted by Gasteiger charge is -2.02. The molecule has 1 aliphatic rings. The van der Waals surface area contributed by atoms with E-state index in [1.807, 2.05) is 30.4 Å². The van der Waals surface area contributed by atoms with Crippen LogP contribution in [0.15, 0.2) is 51.6 Å². The summed E-state index contributed by atoms with van der Waals surface area (Å²) in [6.07, 6.45) is 5.34. The van der Waals surface area contributed by atoms with Gasteiger partial charge in [0.1, 0.15) is 23.2 Å². The number of carbonyl (C=O) groups excluding carboxylic acids is 1. The van der Waals surface area contributed by atoms with Crippen LogP contribution < -0.4 is 0 Å². The summed E-state index contributed by atoms with van der Waals surface area (Å²) >= 11 is 1.40. The summed E-state index contributed by atoms with van der Waals surface area (Å²) in [5, 5.41) is 4.52. The second-order valence-corrected chi connectivity index (χ2v) is 5.05. The molecule has 0 saturated heterocycles. The van der Waals surface area contributed by atoms with Gasteiger partial charge in [0, 0.05) is 16.7 Å². The topological polar surface area (TPSA) is 51.8 Å². The summed E-state index contributed by atoms with van der Waals surface area (Å²) in [6, 6.07) is 5.70. The van der Waals surface area contributed by atoms with Crippen LogP contribution in [-0.4, -0.2) is 11.3 Å². The highest BCUT2D eigenvalue weighted by Gasteiger charge is 2.21. The van der Waals surface area contributed by atoms with Crippen molar-refractivity contribution < 1.29 is 14.0 Å². The maximum atomic E-state index is 12.0. The SMILES string of the molecule is C=CON=CSc1ccc2oc3c(c2c1)C(=O)CC=C3. The predicted octanol–water partition coefficient (Wildman–Crippen LogP) is 4.23. The Bertz CT molecular complexity index is 743. The fourth-order valence-corrected chi connectivity index (χ4v) is 2.65. The lowest BCUT2D eigenvalue weighted by molar-refractivity contribution is 0.0995. The first-order valence-electron chi connectivity index (χ1n) is 6.01. The molecule has 0 spiro atoms. The van der Waals surface area contributed by atoms with E-state index < -0.39 is 0 Å². The van der Waals surface area contributed by atoms with Gasteiger partial charge >= 0.3 is 0 Å². The minimum Gasteiger partial charge on any atom is -0.456 e. The second-order valence-electron chi connectivity index (χ2n) is 4.13. The summed E-state index contributed by atoms with van der Waals surface area (Å²) in [5.74, 6) is 0.731. The van der Waals surface area contributed by atoms with Crippen molar-refractivity contribution in [1.29, 1.82) is 0 Å². The number of benzene rings is 1. The van der Waals surface area contributed by atoms with Crippen LogP contribution in [-0.2, 0) is 4.84 Å². The van der Waals surface area contributed by atoms with E-state index >= 15 is 0 Å². The van der Waals surface area contributed by atoms with Crippen LogP contribution in [0.4, 0.5) is 0 Å². The van der Waals surface area contributed by atoms with E-state index in [9.17, 15) is 4.79 Å². The van der Waals surface area contributed by atoms with Gasteiger partial charge in [-0.2, -0.15) is 0 Å². The largest absolute Gasteiger partial charge is 0.456 e. The summed E-state index contributed by atoms with van der Waals surface area (Å²) in [4.78, 5) is 17.6. The van der Waals surface area contributed by atoms with Gasteiger partial charge in [-0.05, 0) is 24.3 Å². The van der Waals surface area contributed by atoms with E-state index in [1.165, 1.54) is 18.0 Å². The van der Waals surface area contributed by atoms with Gasteiger partial charge in [-0.25, -0.2) is 0 Å². The van der Waals surface area contributed by atoms with Gasteiger partial charge in [0.15, 0.2) is 5.78 Å². The summed E-state index contributed by atoms with van der Waals surface area (Å²) < 4.78 is 5.67. The molecule has 0 unspecified atom stereocenters. The lowest BCUT2D eigenvalue weighted by Crippen LogP contribution is -2.01. The number of ketones is 1. The minimum absolute atomic E-state index is 0.0899. The van der Waals surface area contributed by atoms with Gasteiger partial charge in [0.05, 0.1) is 5.56 Å². The number of hydrogen-bond donors (Lipinski definition) is 0. The number of thioether (sulfide) groups is 1. The first-order valence-corrected chi connectivity index (χ1v) is 6.89.